The van der Waals surface area contributed by atoms with E-state index < -0.39 is 10.0 Å². The van der Waals surface area contributed by atoms with E-state index in [1.807, 2.05) is 30.3 Å². The molecule has 0 N–H and O–H groups in total. The molecular weight excluding hydrogens is 450 g/mol. The van der Waals surface area contributed by atoms with Gasteiger partial charge in [-0.05, 0) is 61.4 Å². The van der Waals surface area contributed by atoms with Gasteiger partial charge >= 0.3 is 0 Å². The lowest BCUT2D eigenvalue weighted by Gasteiger charge is -2.29. The summed E-state index contributed by atoms with van der Waals surface area (Å²) in [5.41, 5.74) is 2.21. The highest BCUT2D eigenvalue weighted by Gasteiger charge is 2.27. The highest BCUT2D eigenvalue weighted by molar-refractivity contribution is 7.89. The van der Waals surface area contributed by atoms with Crippen LogP contribution >= 0.6 is 0 Å². The van der Waals surface area contributed by atoms with Crippen molar-refractivity contribution in [2.24, 2.45) is 0 Å². The molecule has 2 fully saturated rings. The normalized spacial score (nSPS) is 17.6. The molecule has 0 atom stereocenters. The summed E-state index contributed by atoms with van der Waals surface area (Å²) in [4.78, 5) is 20.2. The number of morpholine rings is 1. The monoisotopic (exact) mass is 477 g/mol. The lowest BCUT2D eigenvalue weighted by Crippen LogP contribution is -2.37. The van der Waals surface area contributed by atoms with E-state index >= 15 is 0 Å². The molecule has 0 unspecified atom stereocenters. The van der Waals surface area contributed by atoms with Crippen molar-refractivity contribution in [3.8, 4) is 0 Å². The molecule has 3 aromatic rings. The number of hydrogen-bond donors (Lipinski definition) is 0. The third-order valence-corrected chi connectivity index (χ3v) is 8.21. The zero-order valence-corrected chi connectivity index (χ0v) is 19.7. The van der Waals surface area contributed by atoms with Gasteiger partial charge < -0.3 is 9.64 Å². The molecule has 8 heteroatoms. The molecule has 3 heterocycles. The number of ether oxygens (including phenoxy) is 1. The maximum Gasteiger partial charge on any atom is 0.243 e. The van der Waals surface area contributed by atoms with Gasteiger partial charge in [0.2, 0.25) is 10.0 Å². The van der Waals surface area contributed by atoms with Crippen molar-refractivity contribution >= 4 is 38.6 Å². The first-order chi connectivity index (χ1) is 16.5. The van der Waals surface area contributed by atoms with Crippen LogP contribution in [0.2, 0.25) is 0 Å². The number of allylic oxidation sites excluding steroid dienone is 1. The average Bonchev–Trinajstić information content (AvgIpc) is 3.43. The summed E-state index contributed by atoms with van der Waals surface area (Å²) >= 11 is 0. The summed E-state index contributed by atoms with van der Waals surface area (Å²) in [6.07, 6.45) is 5.09. The van der Waals surface area contributed by atoms with E-state index in [1.165, 1.54) is 22.5 Å². The second-order valence-corrected chi connectivity index (χ2v) is 10.5. The molecule has 0 aliphatic carbocycles. The molecule has 0 bridgehead atoms. The van der Waals surface area contributed by atoms with E-state index in [9.17, 15) is 13.2 Å². The standard InChI is InChI=1S/C26H27N3O4S/c30-25(20-7-10-23(11-8-20)34(31,32)29-13-3-4-14-29)12-9-22-19-21-5-1-2-6-24(21)27-26(22)28-15-17-33-18-16-28/h1-2,5-12,19H,3-4,13-18H2/b12-9+. The van der Waals surface area contributed by atoms with E-state index in [4.69, 9.17) is 9.72 Å². The highest BCUT2D eigenvalue weighted by Crippen LogP contribution is 2.26. The van der Waals surface area contributed by atoms with E-state index in [2.05, 4.69) is 4.90 Å². The molecule has 2 aliphatic heterocycles. The molecule has 7 nitrogen and oxygen atoms in total. The van der Waals surface area contributed by atoms with Crippen molar-refractivity contribution in [2.75, 3.05) is 44.3 Å². The first-order valence-electron chi connectivity index (χ1n) is 11.6. The predicted molar refractivity (Wildman–Crippen MR) is 133 cm³/mol. The van der Waals surface area contributed by atoms with Crippen LogP contribution in [0, 0.1) is 0 Å². The second-order valence-electron chi connectivity index (χ2n) is 8.53. The Hall–Kier alpha value is -3.07. The maximum absolute atomic E-state index is 12.9. The van der Waals surface area contributed by atoms with Gasteiger partial charge in [0.15, 0.2) is 5.78 Å². The molecule has 34 heavy (non-hydrogen) atoms. The number of aromatic nitrogens is 1. The third kappa shape index (κ3) is 4.61. The summed E-state index contributed by atoms with van der Waals surface area (Å²) in [7, 11) is -3.50. The van der Waals surface area contributed by atoms with Crippen molar-refractivity contribution in [1.29, 1.82) is 0 Å². The minimum Gasteiger partial charge on any atom is -0.378 e. The van der Waals surface area contributed by atoms with E-state index in [-0.39, 0.29) is 10.7 Å². The topological polar surface area (TPSA) is 79.8 Å². The molecule has 2 aliphatic rings. The Kier molecular flexibility index (Phi) is 6.45. The minimum absolute atomic E-state index is 0.189. The number of sulfonamides is 1. The van der Waals surface area contributed by atoms with Crippen LogP contribution in [-0.4, -0.2) is 62.9 Å². The fourth-order valence-electron chi connectivity index (χ4n) is 4.40. The van der Waals surface area contributed by atoms with Crippen molar-refractivity contribution in [1.82, 2.24) is 9.29 Å². The Morgan fingerprint density at radius 1 is 0.941 bits per heavy atom. The predicted octanol–water partition coefficient (Wildman–Crippen LogP) is 3.75. The fraction of sp³-hybridized carbons (Fsp3) is 0.308. The second kappa shape index (κ2) is 9.66. The zero-order valence-electron chi connectivity index (χ0n) is 18.9. The van der Waals surface area contributed by atoms with Crippen LogP contribution in [0.25, 0.3) is 17.0 Å². The van der Waals surface area contributed by atoms with Gasteiger partial charge in [-0.1, -0.05) is 18.2 Å². The molecule has 0 spiro atoms. The van der Waals surface area contributed by atoms with Crippen LogP contribution in [-0.2, 0) is 14.8 Å². The van der Waals surface area contributed by atoms with Gasteiger partial charge in [0.1, 0.15) is 5.82 Å². The molecule has 2 saturated heterocycles. The van der Waals surface area contributed by atoms with Gasteiger partial charge in [-0.15, -0.1) is 0 Å². The van der Waals surface area contributed by atoms with Crippen LogP contribution in [0.4, 0.5) is 5.82 Å². The van der Waals surface area contributed by atoms with Gasteiger partial charge in [0, 0.05) is 42.7 Å². The zero-order chi connectivity index (χ0) is 23.5. The van der Waals surface area contributed by atoms with Gasteiger partial charge in [0.25, 0.3) is 0 Å². The van der Waals surface area contributed by atoms with Crippen molar-refractivity contribution in [3.05, 3.63) is 71.8 Å². The molecular formula is C26H27N3O4S. The van der Waals surface area contributed by atoms with Crippen molar-refractivity contribution in [3.63, 3.8) is 0 Å². The lowest BCUT2D eigenvalue weighted by atomic mass is 10.1. The van der Waals surface area contributed by atoms with Crippen LogP contribution in [0.3, 0.4) is 0 Å². The molecule has 0 amide bonds. The molecule has 176 valence electrons. The van der Waals surface area contributed by atoms with Gasteiger partial charge in [-0.2, -0.15) is 4.31 Å². The first kappa shape index (κ1) is 22.7. The van der Waals surface area contributed by atoms with Crippen LogP contribution in [0.1, 0.15) is 28.8 Å². The Morgan fingerprint density at radius 3 is 2.38 bits per heavy atom. The van der Waals surface area contributed by atoms with Gasteiger partial charge in [0.05, 0.1) is 23.6 Å². The smallest absolute Gasteiger partial charge is 0.243 e. The number of benzene rings is 2. The van der Waals surface area contributed by atoms with Crippen LogP contribution in [0.5, 0.6) is 0 Å². The third-order valence-electron chi connectivity index (χ3n) is 6.30. The summed E-state index contributed by atoms with van der Waals surface area (Å²) in [5, 5.41) is 1.00. The fourth-order valence-corrected chi connectivity index (χ4v) is 5.92. The maximum atomic E-state index is 12.9. The van der Waals surface area contributed by atoms with E-state index in [1.54, 1.807) is 18.2 Å². The number of hydrogen-bond acceptors (Lipinski definition) is 6. The number of carbonyl (C=O) groups excluding carboxylic acids is 1. The van der Waals surface area contributed by atoms with Gasteiger partial charge in [-0.25, -0.2) is 13.4 Å². The SMILES string of the molecule is O=C(/C=C/c1cc2ccccc2nc1N1CCOCC1)c1ccc(S(=O)(=O)N2CCCC2)cc1. The largest absolute Gasteiger partial charge is 0.378 e. The number of anilines is 1. The Morgan fingerprint density at radius 2 is 1.65 bits per heavy atom. The summed E-state index contributed by atoms with van der Waals surface area (Å²) < 4.78 is 32.4. The number of carbonyl (C=O) groups is 1. The minimum atomic E-state index is -3.50. The number of fused-ring (bicyclic) bond motifs is 1. The molecule has 0 radical (unpaired) electrons. The number of rotatable bonds is 6. The Labute approximate surface area is 199 Å². The summed E-state index contributed by atoms with van der Waals surface area (Å²) in [5.74, 6) is 0.643. The summed E-state index contributed by atoms with van der Waals surface area (Å²) in [6, 6.07) is 16.2. The average molecular weight is 478 g/mol. The Balaban J connectivity index is 1.40. The Bertz CT molecular complexity index is 1320. The summed E-state index contributed by atoms with van der Waals surface area (Å²) in [6.45, 7) is 3.88. The van der Waals surface area contributed by atoms with Gasteiger partial charge in [-0.3, -0.25) is 4.79 Å². The van der Waals surface area contributed by atoms with Crippen molar-refractivity contribution < 1.29 is 17.9 Å². The van der Waals surface area contributed by atoms with E-state index in [0.717, 1.165) is 48.2 Å². The first-order valence-corrected chi connectivity index (χ1v) is 13.0. The highest BCUT2D eigenvalue weighted by atomic mass is 32.2. The number of para-hydroxylation sites is 1. The molecule has 5 rings (SSSR count). The van der Waals surface area contributed by atoms with Crippen molar-refractivity contribution in [2.45, 2.75) is 17.7 Å². The number of nitrogens with zero attached hydrogens (tertiary/aromatic N) is 3. The van der Waals surface area contributed by atoms with E-state index in [0.29, 0.717) is 31.9 Å². The molecule has 0 saturated carbocycles. The molecule has 1 aromatic heterocycles. The van der Waals surface area contributed by atoms with Crippen LogP contribution < -0.4 is 4.90 Å². The number of ketones is 1. The lowest BCUT2D eigenvalue weighted by molar-refractivity contribution is 0.104. The quantitative estimate of drug-likeness (QED) is 0.397. The van der Waals surface area contributed by atoms with Crippen LogP contribution in [0.15, 0.2) is 65.6 Å². The number of pyridine rings is 1. The molecule has 2 aromatic carbocycles.